The highest BCUT2D eigenvalue weighted by atomic mass is 14.9. The smallest absolute Gasteiger partial charge is 0.0180 e. The molecule has 2 atom stereocenters. The second-order valence-corrected chi connectivity index (χ2v) is 9.21. The summed E-state index contributed by atoms with van der Waals surface area (Å²) in [4.78, 5) is 0. The minimum Gasteiger partial charge on any atom is -0.388 e. The molecule has 1 N–H and O–H groups in total. The molecule has 0 amide bonds. The van der Waals surface area contributed by atoms with Gasteiger partial charge in [-0.2, -0.15) is 0 Å². The van der Waals surface area contributed by atoms with Gasteiger partial charge in [0.05, 0.1) is 0 Å². The average molecular weight is 440 g/mol. The van der Waals surface area contributed by atoms with Gasteiger partial charge >= 0.3 is 0 Å². The fraction of sp³-hybridized carbons (Fsp3) is 0.613. The molecule has 1 saturated carbocycles. The van der Waals surface area contributed by atoms with Gasteiger partial charge in [0.25, 0.3) is 0 Å². The Labute approximate surface area is 201 Å². The molecule has 0 bridgehead atoms. The minimum atomic E-state index is 0.873. The molecule has 182 valence electrons. The molecule has 0 spiro atoms. The Morgan fingerprint density at radius 2 is 1.78 bits per heavy atom. The Hall–Kier alpha value is -1.76. The third kappa shape index (κ3) is 12.9. The van der Waals surface area contributed by atoms with E-state index in [0.717, 1.165) is 36.9 Å². The van der Waals surface area contributed by atoms with E-state index in [2.05, 4.69) is 83.4 Å². The number of hydrogen-bond donors (Lipinski definition) is 1. The third-order valence-corrected chi connectivity index (χ3v) is 6.39. The highest BCUT2D eigenvalue weighted by molar-refractivity contribution is 5.69. The summed E-state index contributed by atoms with van der Waals surface area (Å²) in [5.74, 6) is 2.10. The van der Waals surface area contributed by atoms with Crippen molar-refractivity contribution >= 4 is 5.57 Å². The van der Waals surface area contributed by atoms with E-state index >= 15 is 0 Å². The van der Waals surface area contributed by atoms with Crippen LogP contribution in [0.5, 0.6) is 0 Å². The van der Waals surface area contributed by atoms with Crippen molar-refractivity contribution in [1.29, 1.82) is 0 Å². The van der Waals surface area contributed by atoms with Crippen molar-refractivity contribution in [3.63, 3.8) is 0 Å². The summed E-state index contributed by atoms with van der Waals surface area (Å²) < 4.78 is 0. The predicted molar refractivity (Wildman–Crippen MR) is 148 cm³/mol. The quantitative estimate of drug-likeness (QED) is 0.358. The number of rotatable bonds is 10. The summed E-state index contributed by atoms with van der Waals surface area (Å²) in [6.45, 7) is 24.0. The Kier molecular flexibility index (Phi) is 17.7. The summed E-state index contributed by atoms with van der Waals surface area (Å²) >= 11 is 0. The normalized spacial score (nSPS) is 17.9. The molecule has 1 aromatic rings. The maximum absolute atomic E-state index is 4.11. The molecule has 0 aromatic heterocycles. The fourth-order valence-electron chi connectivity index (χ4n) is 4.32. The van der Waals surface area contributed by atoms with Crippen LogP contribution in [0.3, 0.4) is 0 Å². The van der Waals surface area contributed by atoms with Gasteiger partial charge in [0, 0.05) is 18.7 Å². The van der Waals surface area contributed by atoms with E-state index in [1.54, 1.807) is 0 Å². The molecular formula is C31H53N. The molecule has 0 heterocycles. The first kappa shape index (κ1) is 30.2. The molecule has 1 nitrogen and oxygen atoms in total. The van der Waals surface area contributed by atoms with Crippen LogP contribution in [0.1, 0.15) is 110 Å². The first-order valence-electron chi connectivity index (χ1n) is 13.2. The third-order valence-electron chi connectivity index (χ3n) is 6.39. The number of hydrogen-bond acceptors (Lipinski definition) is 1. The molecule has 1 heteroatoms. The van der Waals surface area contributed by atoms with Gasteiger partial charge in [-0.15, -0.1) is 6.58 Å². The predicted octanol–water partition coefficient (Wildman–Crippen LogP) is 9.89. The molecule has 2 unspecified atom stereocenters. The lowest BCUT2D eigenvalue weighted by Crippen LogP contribution is -2.16. The standard InChI is InChI=1S/C18H25N.C11H22.C2H6/c1-6-17(18-10-8-7-9-15(18)4)13-16(5)19-12-11-14(2)3;1-3-4-8-11-9-6-5-7-10(11)2;1-2/h6-10,19H,2,5,11-13H2,1,3-4H3;10-11H,3-9H2,1-2H3;1-2H3/b17-6-;;. The van der Waals surface area contributed by atoms with E-state index in [1.165, 1.54) is 67.2 Å². The first-order chi connectivity index (χ1) is 15.4. The van der Waals surface area contributed by atoms with Crippen LogP contribution in [0.15, 0.2) is 54.8 Å². The van der Waals surface area contributed by atoms with Crippen LogP contribution in [0.2, 0.25) is 0 Å². The fourth-order valence-corrected chi connectivity index (χ4v) is 4.32. The molecule has 0 radical (unpaired) electrons. The largest absolute Gasteiger partial charge is 0.388 e. The lowest BCUT2D eigenvalue weighted by molar-refractivity contribution is 0.237. The monoisotopic (exact) mass is 439 g/mol. The SMILES string of the molecule is C=C(C)CCNC(=C)C/C(=C/C)c1ccccc1C.CC.CCCCC1CCCCC1C. The van der Waals surface area contributed by atoms with E-state index in [0.29, 0.717) is 0 Å². The van der Waals surface area contributed by atoms with Gasteiger partial charge in [0.1, 0.15) is 0 Å². The van der Waals surface area contributed by atoms with E-state index in [9.17, 15) is 0 Å². The molecule has 0 aliphatic heterocycles. The van der Waals surface area contributed by atoms with Gasteiger partial charge in [-0.1, -0.05) is 115 Å². The highest BCUT2D eigenvalue weighted by Gasteiger charge is 2.19. The van der Waals surface area contributed by atoms with E-state index in [4.69, 9.17) is 0 Å². The zero-order chi connectivity index (χ0) is 24.4. The Morgan fingerprint density at radius 3 is 2.34 bits per heavy atom. The van der Waals surface area contributed by atoms with Gasteiger partial charge in [-0.05, 0) is 55.7 Å². The van der Waals surface area contributed by atoms with Crippen molar-refractivity contribution in [2.75, 3.05) is 6.54 Å². The molecule has 1 aliphatic carbocycles. The van der Waals surface area contributed by atoms with Crippen LogP contribution in [-0.4, -0.2) is 6.54 Å². The summed E-state index contributed by atoms with van der Waals surface area (Å²) in [6, 6.07) is 8.48. The summed E-state index contributed by atoms with van der Waals surface area (Å²) in [5, 5.41) is 3.37. The number of unbranched alkanes of at least 4 members (excludes halogenated alkanes) is 1. The second-order valence-electron chi connectivity index (χ2n) is 9.21. The van der Waals surface area contributed by atoms with Gasteiger partial charge in [0.2, 0.25) is 0 Å². The van der Waals surface area contributed by atoms with Crippen molar-refractivity contribution in [1.82, 2.24) is 5.32 Å². The molecule has 1 aliphatic rings. The van der Waals surface area contributed by atoms with Crippen molar-refractivity contribution in [3.8, 4) is 0 Å². The molecular weight excluding hydrogens is 386 g/mol. The zero-order valence-electron chi connectivity index (χ0n) is 22.5. The van der Waals surface area contributed by atoms with E-state index < -0.39 is 0 Å². The van der Waals surface area contributed by atoms with Crippen molar-refractivity contribution in [2.45, 2.75) is 106 Å². The molecule has 1 fully saturated rings. The Morgan fingerprint density at radius 1 is 1.12 bits per heavy atom. The minimum absolute atomic E-state index is 0.873. The average Bonchev–Trinajstić information content (AvgIpc) is 2.79. The summed E-state index contributed by atoms with van der Waals surface area (Å²) in [5.41, 5.74) is 6.21. The molecule has 1 aromatic carbocycles. The number of nitrogens with one attached hydrogen (secondary N) is 1. The van der Waals surface area contributed by atoms with Crippen LogP contribution in [0.25, 0.3) is 5.57 Å². The Balaban J connectivity index is 0.000000626. The van der Waals surface area contributed by atoms with Crippen LogP contribution < -0.4 is 5.32 Å². The first-order valence-corrected chi connectivity index (χ1v) is 13.2. The van der Waals surface area contributed by atoms with Crippen LogP contribution in [0, 0.1) is 18.8 Å². The second kappa shape index (κ2) is 18.8. The Bertz CT molecular complexity index is 667. The summed E-state index contributed by atoms with van der Waals surface area (Å²) in [7, 11) is 0. The van der Waals surface area contributed by atoms with Gasteiger partial charge in [0.15, 0.2) is 0 Å². The molecule has 32 heavy (non-hydrogen) atoms. The van der Waals surface area contributed by atoms with Crippen LogP contribution in [0.4, 0.5) is 0 Å². The lowest BCUT2D eigenvalue weighted by Gasteiger charge is -2.28. The maximum Gasteiger partial charge on any atom is 0.0180 e. The van der Waals surface area contributed by atoms with Crippen molar-refractivity contribution < 1.29 is 0 Å². The van der Waals surface area contributed by atoms with Gasteiger partial charge in [-0.25, -0.2) is 0 Å². The maximum atomic E-state index is 4.11. The van der Waals surface area contributed by atoms with E-state index in [-0.39, 0.29) is 0 Å². The highest BCUT2D eigenvalue weighted by Crippen LogP contribution is 2.32. The summed E-state index contributed by atoms with van der Waals surface area (Å²) in [6.07, 6.45) is 14.4. The molecule has 2 rings (SSSR count). The lowest BCUT2D eigenvalue weighted by atomic mass is 9.78. The van der Waals surface area contributed by atoms with Gasteiger partial charge in [-0.3, -0.25) is 0 Å². The number of allylic oxidation sites excluding steroid dienone is 2. The van der Waals surface area contributed by atoms with Gasteiger partial charge < -0.3 is 5.32 Å². The van der Waals surface area contributed by atoms with E-state index in [1.807, 2.05) is 13.8 Å². The van der Waals surface area contributed by atoms with Crippen molar-refractivity contribution in [3.05, 3.63) is 65.9 Å². The number of benzene rings is 1. The molecule has 0 saturated heterocycles. The topological polar surface area (TPSA) is 12.0 Å². The van der Waals surface area contributed by atoms with Crippen LogP contribution in [-0.2, 0) is 0 Å². The number of aryl methyl sites for hydroxylation is 1. The van der Waals surface area contributed by atoms with Crippen LogP contribution >= 0.6 is 0 Å². The zero-order valence-corrected chi connectivity index (χ0v) is 22.5. The van der Waals surface area contributed by atoms with Crippen molar-refractivity contribution in [2.24, 2.45) is 11.8 Å².